The molecular weight excluding hydrogens is 350 g/mol. The van der Waals surface area contributed by atoms with Gasteiger partial charge in [0.1, 0.15) is 0 Å². The molecule has 0 spiro atoms. The van der Waals surface area contributed by atoms with Gasteiger partial charge in [0.05, 0.1) is 6.04 Å². The fraction of sp³-hybridized carbons (Fsp3) is 0.391. The minimum absolute atomic E-state index is 0.0408. The molecule has 2 aromatic carbocycles. The van der Waals surface area contributed by atoms with E-state index in [-0.39, 0.29) is 30.3 Å². The van der Waals surface area contributed by atoms with Crippen molar-refractivity contribution >= 4 is 11.8 Å². The van der Waals surface area contributed by atoms with Crippen molar-refractivity contribution in [2.45, 2.75) is 38.3 Å². The number of nitrogens with one attached hydrogen (secondary N) is 2. The molecule has 2 N–H and O–H groups in total. The lowest BCUT2D eigenvalue weighted by Crippen LogP contribution is -2.40. The number of hydrogen-bond donors (Lipinski definition) is 2. The Labute approximate surface area is 167 Å². The zero-order valence-corrected chi connectivity index (χ0v) is 16.4. The van der Waals surface area contributed by atoms with E-state index in [1.807, 2.05) is 43.3 Å². The Kier molecular flexibility index (Phi) is 7.20. The van der Waals surface area contributed by atoms with Crippen LogP contribution in [-0.2, 0) is 4.79 Å². The molecule has 0 aliphatic carbocycles. The molecule has 3 rings (SSSR count). The lowest BCUT2D eigenvalue weighted by atomic mass is 10.1. The van der Waals surface area contributed by atoms with Crippen molar-refractivity contribution in [2.75, 3.05) is 19.6 Å². The molecule has 2 atom stereocenters. The average molecular weight is 380 g/mol. The number of nitrogens with zero attached hydrogens (tertiary/aromatic N) is 1. The molecule has 2 aromatic rings. The molecule has 0 aromatic heterocycles. The van der Waals surface area contributed by atoms with Crippen LogP contribution >= 0.6 is 0 Å². The normalized spacial score (nSPS) is 16.3. The summed E-state index contributed by atoms with van der Waals surface area (Å²) < 4.78 is 0. The van der Waals surface area contributed by atoms with Gasteiger partial charge in [-0.15, -0.1) is 0 Å². The molecule has 1 saturated heterocycles. The standard InChI is InChI=1S/C23H29N3O2/c1-18(25-23(28)20-12-6-3-7-13-20)16-22(27)24-17-21(26-14-8-9-15-26)19-10-4-2-5-11-19/h2-7,10-13,18,21H,8-9,14-17H2,1H3,(H,24,27)(H,25,28). The second kappa shape index (κ2) is 10.0. The van der Waals surface area contributed by atoms with Crippen molar-refractivity contribution in [3.63, 3.8) is 0 Å². The van der Waals surface area contributed by atoms with Gasteiger partial charge in [0.2, 0.25) is 5.91 Å². The summed E-state index contributed by atoms with van der Waals surface area (Å²) in [6, 6.07) is 19.4. The zero-order chi connectivity index (χ0) is 19.8. The maximum Gasteiger partial charge on any atom is 0.251 e. The number of carbonyl (C=O) groups excluding carboxylic acids is 2. The van der Waals surface area contributed by atoms with Crippen molar-refractivity contribution in [1.82, 2.24) is 15.5 Å². The number of likely N-dealkylation sites (tertiary alicyclic amines) is 1. The number of amides is 2. The highest BCUT2D eigenvalue weighted by atomic mass is 16.2. The maximum absolute atomic E-state index is 12.4. The third kappa shape index (κ3) is 5.67. The second-order valence-electron chi connectivity index (χ2n) is 7.42. The number of benzene rings is 2. The smallest absolute Gasteiger partial charge is 0.251 e. The summed E-state index contributed by atoms with van der Waals surface area (Å²) in [4.78, 5) is 27.1. The molecule has 2 amide bonds. The van der Waals surface area contributed by atoms with Crippen LogP contribution in [0.2, 0.25) is 0 Å². The second-order valence-corrected chi connectivity index (χ2v) is 7.42. The van der Waals surface area contributed by atoms with Crippen LogP contribution in [0, 0.1) is 0 Å². The van der Waals surface area contributed by atoms with Gasteiger partial charge in [-0.2, -0.15) is 0 Å². The van der Waals surface area contributed by atoms with Crippen LogP contribution in [0.25, 0.3) is 0 Å². The molecule has 148 valence electrons. The first-order valence-corrected chi connectivity index (χ1v) is 10.0. The zero-order valence-electron chi connectivity index (χ0n) is 16.4. The van der Waals surface area contributed by atoms with Crippen molar-refractivity contribution in [3.05, 3.63) is 71.8 Å². The van der Waals surface area contributed by atoms with E-state index in [1.165, 1.54) is 18.4 Å². The molecule has 5 nitrogen and oxygen atoms in total. The molecule has 28 heavy (non-hydrogen) atoms. The van der Waals surface area contributed by atoms with Crippen LogP contribution in [0.15, 0.2) is 60.7 Å². The Bertz CT molecular complexity index is 758. The number of carbonyl (C=O) groups is 2. The van der Waals surface area contributed by atoms with Crippen molar-refractivity contribution in [2.24, 2.45) is 0 Å². The van der Waals surface area contributed by atoms with Crippen LogP contribution in [0.4, 0.5) is 0 Å². The van der Waals surface area contributed by atoms with E-state index in [9.17, 15) is 9.59 Å². The predicted octanol–water partition coefficient (Wildman–Crippen LogP) is 3.15. The summed E-state index contributed by atoms with van der Waals surface area (Å²) in [5.41, 5.74) is 1.84. The largest absolute Gasteiger partial charge is 0.354 e. The molecule has 2 unspecified atom stereocenters. The highest BCUT2D eigenvalue weighted by Crippen LogP contribution is 2.24. The first kappa shape index (κ1) is 20.1. The Morgan fingerprint density at radius 1 is 0.964 bits per heavy atom. The van der Waals surface area contributed by atoms with E-state index < -0.39 is 0 Å². The highest BCUT2D eigenvalue weighted by molar-refractivity contribution is 5.94. The highest BCUT2D eigenvalue weighted by Gasteiger charge is 2.24. The fourth-order valence-corrected chi connectivity index (χ4v) is 3.69. The Morgan fingerprint density at radius 3 is 2.21 bits per heavy atom. The van der Waals surface area contributed by atoms with Gasteiger partial charge in [-0.05, 0) is 50.6 Å². The van der Waals surface area contributed by atoms with Gasteiger partial charge in [0.15, 0.2) is 0 Å². The molecule has 1 heterocycles. The molecular formula is C23H29N3O2. The van der Waals surface area contributed by atoms with E-state index in [1.54, 1.807) is 12.1 Å². The summed E-state index contributed by atoms with van der Waals surface area (Å²) in [6.07, 6.45) is 2.68. The lowest BCUT2D eigenvalue weighted by molar-refractivity contribution is -0.121. The molecule has 0 radical (unpaired) electrons. The molecule has 0 bridgehead atoms. The summed E-state index contributed by atoms with van der Waals surface area (Å²) in [5.74, 6) is -0.193. The van der Waals surface area contributed by atoms with Gasteiger partial charge in [-0.1, -0.05) is 48.5 Å². The minimum Gasteiger partial charge on any atom is -0.354 e. The minimum atomic E-state index is -0.227. The Balaban J connectivity index is 1.51. The Hall–Kier alpha value is -2.66. The monoisotopic (exact) mass is 379 g/mol. The third-order valence-corrected chi connectivity index (χ3v) is 5.16. The van der Waals surface area contributed by atoms with Crippen LogP contribution in [0.1, 0.15) is 48.1 Å². The van der Waals surface area contributed by atoms with Gasteiger partial charge in [0.25, 0.3) is 5.91 Å². The van der Waals surface area contributed by atoms with Crippen molar-refractivity contribution < 1.29 is 9.59 Å². The van der Waals surface area contributed by atoms with Gasteiger partial charge in [-0.25, -0.2) is 0 Å². The quantitative estimate of drug-likeness (QED) is 0.741. The van der Waals surface area contributed by atoms with Gasteiger partial charge in [0, 0.05) is 24.6 Å². The van der Waals surface area contributed by atoms with E-state index in [0.29, 0.717) is 12.1 Å². The lowest BCUT2D eigenvalue weighted by Gasteiger charge is -2.28. The predicted molar refractivity (Wildman–Crippen MR) is 111 cm³/mol. The van der Waals surface area contributed by atoms with Gasteiger partial charge >= 0.3 is 0 Å². The summed E-state index contributed by atoms with van der Waals surface area (Å²) in [5, 5.41) is 5.96. The number of rotatable bonds is 8. The molecule has 0 saturated carbocycles. The van der Waals surface area contributed by atoms with E-state index in [0.717, 1.165) is 13.1 Å². The third-order valence-electron chi connectivity index (χ3n) is 5.16. The number of hydrogen-bond acceptors (Lipinski definition) is 3. The van der Waals surface area contributed by atoms with E-state index >= 15 is 0 Å². The van der Waals surface area contributed by atoms with Crippen LogP contribution in [0.5, 0.6) is 0 Å². The average Bonchev–Trinajstić information content (AvgIpc) is 3.24. The molecule has 1 aliphatic heterocycles. The maximum atomic E-state index is 12.4. The van der Waals surface area contributed by atoms with Crippen molar-refractivity contribution in [1.29, 1.82) is 0 Å². The van der Waals surface area contributed by atoms with Gasteiger partial charge < -0.3 is 10.6 Å². The van der Waals surface area contributed by atoms with Crippen LogP contribution in [0.3, 0.4) is 0 Å². The van der Waals surface area contributed by atoms with Crippen molar-refractivity contribution in [3.8, 4) is 0 Å². The summed E-state index contributed by atoms with van der Waals surface area (Å²) in [7, 11) is 0. The van der Waals surface area contributed by atoms with Crippen LogP contribution in [-0.4, -0.2) is 42.4 Å². The van der Waals surface area contributed by atoms with E-state index in [4.69, 9.17) is 0 Å². The molecule has 1 aliphatic rings. The Morgan fingerprint density at radius 2 is 1.57 bits per heavy atom. The first-order valence-electron chi connectivity index (χ1n) is 10.0. The molecule has 1 fully saturated rings. The SMILES string of the molecule is CC(CC(=O)NCC(c1ccccc1)N1CCCC1)NC(=O)c1ccccc1. The summed E-state index contributed by atoms with van der Waals surface area (Å²) >= 11 is 0. The first-order chi connectivity index (χ1) is 13.6. The topological polar surface area (TPSA) is 61.4 Å². The van der Waals surface area contributed by atoms with Gasteiger partial charge in [-0.3, -0.25) is 14.5 Å². The molecule has 5 heteroatoms. The van der Waals surface area contributed by atoms with Crippen LogP contribution < -0.4 is 10.6 Å². The fourth-order valence-electron chi connectivity index (χ4n) is 3.69. The van der Waals surface area contributed by atoms with E-state index in [2.05, 4.69) is 27.7 Å². The summed E-state index contributed by atoms with van der Waals surface area (Å²) in [6.45, 7) is 4.58.